The molecule has 0 aliphatic rings. The van der Waals surface area contributed by atoms with Crippen LogP contribution in [0.4, 0.5) is 0 Å². The third-order valence-corrected chi connectivity index (χ3v) is 4.68. The van der Waals surface area contributed by atoms with Crippen LogP contribution in [0.25, 0.3) is 10.8 Å². The first-order chi connectivity index (χ1) is 10.3. The van der Waals surface area contributed by atoms with Crippen LogP contribution in [0.2, 0.25) is 0 Å². The fourth-order valence-electron chi connectivity index (χ4n) is 2.88. The van der Waals surface area contributed by atoms with Crippen molar-refractivity contribution in [3.05, 3.63) is 46.4 Å². The standard InChI is InChI=1S/C20H27Br/c1-2-3-4-5-6-7-8-9-10-17-11-12-19-16-20(21)14-13-18(19)15-17/h11-16H,2-10H2,1H3. The molecule has 0 atom stereocenters. The molecule has 0 heterocycles. The van der Waals surface area contributed by atoms with Crippen LogP contribution in [0.3, 0.4) is 0 Å². The first-order valence-corrected chi connectivity index (χ1v) is 9.27. The highest BCUT2D eigenvalue weighted by atomic mass is 79.9. The molecule has 0 radical (unpaired) electrons. The summed E-state index contributed by atoms with van der Waals surface area (Å²) in [5.74, 6) is 0. The Morgan fingerprint density at radius 1 is 0.714 bits per heavy atom. The van der Waals surface area contributed by atoms with Crippen molar-refractivity contribution in [1.29, 1.82) is 0 Å². The topological polar surface area (TPSA) is 0 Å². The Balaban J connectivity index is 1.70. The van der Waals surface area contributed by atoms with Gasteiger partial charge in [0.25, 0.3) is 0 Å². The van der Waals surface area contributed by atoms with Gasteiger partial charge in [-0.25, -0.2) is 0 Å². The first kappa shape index (κ1) is 16.5. The summed E-state index contributed by atoms with van der Waals surface area (Å²) >= 11 is 3.53. The Bertz CT molecular complexity index is 545. The third kappa shape index (κ3) is 5.82. The largest absolute Gasteiger partial charge is 0.0654 e. The Labute approximate surface area is 138 Å². The molecule has 21 heavy (non-hydrogen) atoms. The van der Waals surface area contributed by atoms with Crippen LogP contribution in [0.1, 0.15) is 63.9 Å². The number of benzene rings is 2. The molecule has 0 spiro atoms. The summed E-state index contributed by atoms with van der Waals surface area (Å²) in [4.78, 5) is 0. The minimum absolute atomic E-state index is 1.16. The highest BCUT2D eigenvalue weighted by Crippen LogP contribution is 2.22. The van der Waals surface area contributed by atoms with E-state index in [-0.39, 0.29) is 0 Å². The van der Waals surface area contributed by atoms with E-state index in [1.54, 1.807) is 0 Å². The normalized spacial score (nSPS) is 11.1. The van der Waals surface area contributed by atoms with Crippen molar-refractivity contribution >= 4 is 26.7 Å². The van der Waals surface area contributed by atoms with Crippen molar-refractivity contribution in [1.82, 2.24) is 0 Å². The average Bonchev–Trinajstić information content (AvgIpc) is 2.50. The van der Waals surface area contributed by atoms with Crippen LogP contribution in [-0.4, -0.2) is 0 Å². The molecule has 1 heteroatoms. The van der Waals surface area contributed by atoms with Gasteiger partial charge in [-0.05, 0) is 41.3 Å². The molecule has 0 nitrogen and oxygen atoms in total. The Morgan fingerprint density at radius 2 is 1.33 bits per heavy atom. The van der Waals surface area contributed by atoms with Crippen molar-refractivity contribution in [2.24, 2.45) is 0 Å². The maximum Gasteiger partial charge on any atom is 0.0181 e. The molecule has 0 saturated carbocycles. The second kappa shape index (κ2) is 9.25. The number of hydrogen-bond donors (Lipinski definition) is 0. The second-order valence-electron chi connectivity index (χ2n) is 6.05. The lowest BCUT2D eigenvalue weighted by Crippen LogP contribution is -1.87. The number of halogens is 1. The van der Waals surface area contributed by atoms with E-state index >= 15 is 0 Å². The van der Waals surface area contributed by atoms with Crippen LogP contribution >= 0.6 is 15.9 Å². The maximum atomic E-state index is 3.53. The van der Waals surface area contributed by atoms with Crippen LogP contribution in [-0.2, 0) is 6.42 Å². The molecule has 0 amide bonds. The van der Waals surface area contributed by atoms with E-state index in [0.29, 0.717) is 0 Å². The SMILES string of the molecule is CCCCCCCCCCc1ccc2cc(Br)ccc2c1. The molecule has 0 unspecified atom stereocenters. The van der Waals surface area contributed by atoms with Gasteiger partial charge in [-0.3, -0.25) is 0 Å². The molecular formula is C20H27Br. The molecule has 0 N–H and O–H groups in total. The molecule has 114 valence electrons. The van der Waals surface area contributed by atoms with E-state index in [1.165, 1.54) is 74.1 Å². The minimum Gasteiger partial charge on any atom is -0.0654 e. The Hall–Kier alpha value is -0.820. The van der Waals surface area contributed by atoms with Crippen LogP contribution in [0, 0.1) is 0 Å². The minimum atomic E-state index is 1.16. The average molecular weight is 347 g/mol. The summed E-state index contributed by atoms with van der Waals surface area (Å²) in [6.07, 6.45) is 12.4. The fraction of sp³-hybridized carbons (Fsp3) is 0.500. The van der Waals surface area contributed by atoms with Crippen molar-refractivity contribution in [3.8, 4) is 0 Å². The van der Waals surface area contributed by atoms with Crippen molar-refractivity contribution in [2.45, 2.75) is 64.7 Å². The van der Waals surface area contributed by atoms with Gasteiger partial charge in [0.2, 0.25) is 0 Å². The van der Waals surface area contributed by atoms with Gasteiger partial charge < -0.3 is 0 Å². The summed E-state index contributed by atoms with van der Waals surface area (Å²) < 4.78 is 1.16. The van der Waals surface area contributed by atoms with Crippen LogP contribution in [0.15, 0.2) is 40.9 Å². The fourth-order valence-corrected chi connectivity index (χ4v) is 3.26. The quantitative estimate of drug-likeness (QED) is 0.418. The predicted molar refractivity (Wildman–Crippen MR) is 98.0 cm³/mol. The zero-order valence-corrected chi connectivity index (χ0v) is 14.8. The predicted octanol–water partition coefficient (Wildman–Crippen LogP) is 7.29. The van der Waals surface area contributed by atoms with Crippen molar-refractivity contribution in [3.63, 3.8) is 0 Å². The molecule has 0 bridgehead atoms. The van der Waals surface area contributed by atoms with E-state index in [4.69, 9.17) is 0 Å². The van der Waals surface area contributed by atoms with Crippen molar-refractivity contribution in [2.75, 3.05) is 0 Å². The Morgan fingerprint density at radius 3 is 2.10 bits per heavy atom. The van der Waals surface area contributed by atoms with Crippen LogP contribution < -0.4 is 0 Å². The molecule has 0 aliphatic heterocycles. The Kier molecular flexibility index (Phi) is 7.29. The highest BCUT2D eigenvalue weighted by molar-refractivity contribution is 9.10. The highest BCUT2D eigenvalue weighted by Gasteiger charge is 1.98. The van der Waals surface area contributed by atoms with Gasteiger partial charge in [-0.1, -0.05) is 92.1 Å². The van der Waals surface area contributed by atoms with Gasteiger partial charge in [0.1, 0.15) is 0 Å². The summed E-state index contributed by atoms with van der Waals surface area (Å²) in [6, 6.07) is 13.4. The summed E-state index contributed by atoms with van der Waals surface area (Å²) in [5.41, 5.74) is 1.48. The smallest absolute Gasteiger partial charge is 0.0181 e. The lowest BCUT2D eigenvalue weighted by atomic mass is 10.0. The summed E-state index contributed by atoms with van der Waals surface area (Å²) in [6.45, 7) is 2.28. The molecule has 0 saturated heterocycles. The van der Waals surface area contributed by atoms with E-state index in [2.05, 4.69) is 59.3 Å². The lowest BCUT2D eigenvalue weighted by Gasteiger charge is -2.05. The van der Waals surface area contributed by atoms with Gasteiger partial charge in [0.15, 0.2) is 0 Å². The van der Waals surface area contributed by atoms with Crippen LogP contribution in [0.5, 0.6) is 0 Å². The summed E-state index contributed by atoms with van der Waals surface area (Å²) in [7, 11) is 0. The zero-order chi connectivity index (χ0) is 14.9. The van der Waals surface area contributed by atoms with Gasteiger partial charge >= 0.3 is 0 Å². The van der Waals surface area contributed by atoms with E-state index in [9.17, 15) is 0 Å². The molecule has 2 aromatic rings. The molecular weight excluding hydrogens is 320 g/mol. The van der Waals surface area contributed by atoms with Crippen molar-refractivity contribution < 1.29 is 0 Å². The van der Waals surface area contributed by atoms with E-state index < -0.39 is 0 Å². The number of fused-ring (bicyclic) bond motifs is 1. The second-order valence-corrected chi connectivity index (χ2v) is 6.97. The van der Waals surface area contributed by atoms with E-state index in [0.717, 1.165) is 4.47 Å². The maximum absolute atomic E-state index is 3.53. The molecule has 0 aromatic heterocycles. The van der Waals surface area contributed by atoms with Gasteiger partial charge in [0.05, 0.1) is 0 Å². The number of aryl methyl sites for hydroxylation is 1. The number of unbranched alkanes of at least 4 members (excludes halogenated alkanes) is 7. The first-order valence-electron chi connectivity index (χ1n) is 8.48. The third-order valence-electron chi connectivity index (χ3n) is 4.19. The van der Waals surface area contributed by atoms with E-state index in [1.807, 2.05) is 0 Å². The summed E-state index contributed by atoms with van der Waals surface area (Å²) in [5, 5.41) is 2.68. The molecule has 0 fully saturated rings. The lowest BCUT2D eigenvalue weighted by molar-refractivity contribution is 0.575. The van der Waals surface area contributed by atoms with Gasteiger partial charge in [-0.15, -0.1) is 0 Å². The zero-order valence-electron chi connectivity index (χ0n) is 13.2. The number of rotatable bonds is 9. The molecule has 2 aromatic carbocycles. The molecule has 2 rings (SSSR count). The molecule has 0 aliphatic carbocycles. The van der Waals surface area contributed by atoms with Gasteiger partial charge in [-0.2, -0.15) is 0 Å². The monoisotopic (exact) mass is 346 g/mol. The number of hydrogen-bond acceptors (Lipinski definition) is 0. The van der Waals surface area contributed by atoms with Gasteiger partial charge in [0, 0.05) is 4.47 Å².